The zero-order chi connectivity index (χ0) is 17.6. The van der Waals surface area contributed by atoms with E-state index in [0.717, 1.165) is 33.9 Å². The first-order valence-electron chi connectivity index (χ1n) is 8.29. The van der Waals surface area contributed by atoms with Crippen LogP contribution in [0.1, 0.15) is 25.2 Å². The minimum absolute atomic E-state index is 0.374. The second-order valence-electron chi connectivity index (χ2n) is 6.92. The van der Waals surface area contributed by atoms with Gasteiger partial charge in [0, 0.05) is 47.1 Å². The third kappa shape index (κ3) is 2.48. The molecule has 0 aliphatic carbocycles. The Labute approximate surface area is 147 Å². The average Bonchev–Trinajstić information content (AvgIpc) is 2.82. The van der Waals surface area contributed by atoms with Gasteiger partial charge in [0.05, 0.1) is 0 Å². The van der Waals surface area contributed by atoms with Crippen LogP contribution in [0.25, 0.3) is 11.1 Å². The van der Waals surface area contributed by atoms with Gasteiger partial charge in [-0.2, -0.15) is 0 Å². The van der Waals surface area contributed by atoms with Crippen molar-refractivity contribution in [1.29, 1.82) is 0 Å². The highest BCUT2D eigenvalue weighted by molar-refractivity contribution is 5.78. The van der Waals surface area contributed by atoms with Gasteiger partial charge in [0.1, 0.15) is 12.1 Å². The molecule has 0 bridgehead atoms. The summed E-state index contributed by atoms with van der Waals surface area (Å²) >= 11 is 0. The van der Waals surface area contributed by atoms with Gasteiger partial charge in [0.15, 0.2) is 0 Å². The Morgan fingerprint density at radius 2 is 1.68 bits per heavy atom. The van der Waals surface area contributed by atoms with Crippen molar-refractivity contribution in [3.05, 3.63) is 66.5 Å². The lowest BCUT2D eigenvalue weighted by atomic mass is 9.85. The second kappa shape index (κ2) is 5.63. The first kappa shape index (κ1) is 15.7. The van der Waals surface area contributed by atoms with Crippen molar-refractivity contribution in [2.24, 2.45) is 0 Å². The summed E-state index contributed by atoms with van der Waals surface area (Å²) in [6.45, 7) is 6.00. The predicted molar refractivity (Wildman–Crippen MR) is 97.6 cm³/mol. The van der Waals surface area contributed by atoms with Crippen LogP contribution in [0.2, 0.25) is 0 Å². The molecule has 2 aromatic heterocycles. The molecule has 1 aliphatic rings. The van der Waals surface area contributed by atoms with Crippen molar-refractivity contribution in [3.63, 3.8) is 0 Å². The molecular formula is C20H20N4O. The Morgan fingerprint density at radius 3 is 2.36 bits per heavy atom. The molecule has 4 rings (SSSR count). The van der Waals surface area contributed by atoms with E-state index in [0.29, 0.717) is 0 Å². The number of hydrogen-bond donors (Lipinski definition) is 1. The van der Waals surface area contributed by atoms with E-state index in [1.54, 1.807) is 12.4 Å². The first-order valence-corrected chi connectivity index (χ1v) is 8.29. The Balaban J connectivity index is 1.87. The molecule has 126 valence electrons. The molecule has 1 atom stereocenters. The second-order valence-corrected chi connectivity index (χ2v) is 6.92. The van der Waals surface area contributed by atoms with E-state index in [1.807, 2.05) is 36.4 Å². The number of benzene rings is 1. The van der Waals surface area contributed by atoms with Crippen LogP contribution in [-0.4, -0.2) is 26.3 Å². The molecule has 1 N–H and O–H groups in total. The minimum atomic E-state index is -0.644. The van der Waals surface area contributed by atoms with E-state index in [-0.39, 0.29) is 5.41 Å². The van der Waals surface area contributed by atoms with Crippen molar-refractivity contribution in [2.45, 2.75) is 32.4 Å². The Morgan fingerprint density at radius 1 is 1.00 bits per heavy atom. The van der Waals surface area contributed by atoms with Crippen LogP contribution in [0, 0.1) is 6.92 Å². The average molecular weight is 332 g/mol. The Kier molecular flexibility index (Phi) is 3.54. The number of rotatable bonds is 2. The predicted octanol–water partition coefficient (Wildman–Crippen LogP) is 3.59. The summed E-state index contributed by atoms with van der Waals surface area (Å²) in [7, 11) is 0. The number of nitrogens with zero attached hydrogens (tertiary/aromatic N) is 4. The van der Waals surface area contributed by atoms with E-state index in [2.05, 4.69) is 47.0 Å². The third-order valence-corrected chi connectivity index (χ3v) is 4.90. The number of anilines is 2. The van der Waals surface area contributed by atoms with Crippen molar-refractivity contribution in [2.75, 3.05) is 4.90 Å². The van der Waals surface area contributed by atoms with E-state index in [9.17, 15) is 5.11 Å². The Bertz CT molecular complexity index is 907. The number of aliphatic hydroxyl groups is 1. The highest BCUT2D eigenvalue weighted by Gasteiger charge is 2.44. The molecular weight excluding hydrogens is 312 g/mol. The van der Waals surface area contributed by atoms with Crippen LogP contribution in [0.4, 0.5) is 11.4 Å². The number of aromatic nitrogens is 3. The summed E-state index contributed by atoms with van der Waals surface area (Å²) in [4.78, 5) is 14.6. The van der Waals surface area contributed by atoms with Crippen molar-refractivity contribution in [3.8, 4) is 11.1 Å². The molecule has 5 heteroatoms. The lowest BCUT2D eigenvalue weighted by Gasteiger charge is -2.29. The highest BCUT2D eigenvalue weighted by atomic mass is 16.3. The first-order chi connectivity index (χ1) is 12.0. The van der Waals surface area contributed by atoms with E-state index in [4.69, 9.17) is 0 Å². The van der Waals surface area contributed by atoms with Gasteiger partial charge in [-0.1, -0.05) is 26.0 Å². The minimum Gasteiger partial charge on any atom is -0.372 e. The maximum atomic E-state index is 11.0. The molecule has 0 saturated heterocycles. The topological polar surface area (TPSA) is 62.1 Å². The molecule has 3 heterocycles. The lowest BCUT2D eigenvalue weighted by molar-refractivity contribution is 0.119. The van der Waals surface area contributed by atoms with Crippen molar-refractivity contribution in [1.82, 2.24) is 15.0 Å². The van der Waals surface area contributed by atoms with Crippen LogP contribution in [0.5, 0.6) is 0 Å². The monoisotopic (exact) mass is 332 g/mol. The molecule has 25 heavy (non-hydrogen) atoms. The number of hydrogen-bond acceptors (Lipinski definition) is 5. The maximum absolute atomic E-state index is 11.0. The van der Waals surface area contributed by atoms with Gasteiger partial charge in [-0.3, -0.25) is 4.98 Å². The van der Waals surface area contributed by atoms with Gasteiger partial charge in [-0.15, -0.1) is 0 Å². The smallest absolute Gasteiger partial charge is 0.140 e. The zero-order valence-corrected chi connectivity index (χ0v) is 14.5. The summed E-state index contributed by atoms with van der Waals surface area (Å²) in [5, 5.41) is 11.0. The molecule has 1 aromatic carbocycles. The fraction of sp³-hybridized carbons (Fsp3) is 0.250. The largest absolute Gasteiger partial charge is 0.372 e. The molecule has 0 spiro atoms. The summed E-state index contributed by atoms with van der Waals surface area (Å²) in [5.74, 6) is 0.750. The summed E-state index contributed by atoms with van der Waals surface area (Å²) < 4.78 is 0. The van der Waals surface area contributed by atoms with Gasteiger partial charge < -0.3 is 10.0 Å². The molecule has 1 aliphatic heterocycles. The summed E-state index contributed by atoms with van der Waals surface area (Å²) in [5.41, 5.74) is 4.66. The van der Waals surface area contributed by atoms with Crippen LogP contribution < -0.4 is 4.90 Å². The SMILES string of the molecule is Cc1ncc(-c2ccc3c(c2)N(c2ccncc2)C(O)C3(C)C)cn1. The summed E-state index contributed by atoms with van der Waals surface area (Å²) in [6, 6.07) is 10.1. The van der Waals surface area contributed by atoms with E-state index >= 15 is 0 Å². The van der Waals surface area contributed by atoms with E-state index < -0.39 is 6.23 Å². The van der Waals surface area contributed by atoms with Gasteiger partial charge in [-0.25, -0.2) is 9.97 Å². The van der Waals surface area contributed by atoms with Crippen LogP contribution in [0.15, 0.2) is 55.1 Å². The van der Waals surface area contributed by atoms with Gasteiger partial charge in [-0.05, 0) is 36.2 Å². The molecule has 1 unspecified atom stereocenters. The normalized spacial score (nSPS) is 18.2. The maximum Gasteiger partial charge on any atom is 0.140 e. The molecule has 0 fully saturated rings. The quantitative estimate of drug-likeness (QED) is 0.777. The van der Waals surface area contributed by atoms with Gasteiger partial charge in [0.2, 0.25) is 0 Å². The molecule has 5 nitrogen and oxygen atoms in total. The zero-order valence-electron chi connectivity index (χ0n) is 14.5. The number of aryl methyl sites for hydroxylation is 1. The number of aliphatic hydroxyl groups excluding tert-OH is 1. The fourth-order valence-electron chi connectivity index (χ4n) is 3.38. The van der Waals surface area contributed by atoms with Crippen LogP contribution >= 0.6 is 0 Å². The molecule has 0 amide bonds. The standard InChI is InChI=1S/C20H20N4O/c1-13-22-11-15(12-23-13)14-4-5-17-18(10-14)24(19(25)20(17,2)3)16-6-8-21-9-7-16/h4-12,19,25H,1-3H3. The number of pyridine rings is 1. The lowest BCUT2D eigenvalue weighted by Crippen LogP contribution is -2.38. The molecule has 0 saturated carbocycles. The Hall–Kier alpha value is -2.79. The third-order valence-electron chi connectivity index (χ3n) is 4.90. The van der Waals surface area contributed by atoms with Gasteiger partial charge in [0.25, 0.3) is 0 Å². The van der Waals surface area contributed by atoms with Crippen molar-refractivity contribution < 1.29 is 5.11 Å². The highest BCUT2D eigenvalue weighted by Crippen LogP contribution is 2.48. The van der Waals surface area contributed by atoms with E-state index in [1.165, 1.54) is 0 Å². The van der Waals surface area contributed by atoms with Gasteiger partial charge >= 0.3 is 0 Å². The molecule has 3 aromatic rings. The summed E-state index contributed by atoms with van der Waals surface area (Å²) in [6.07, 6.45) is 6.50. The van der Waals surface area contributed by atoms with Crippen LogP contribution in [-0.2, 0) is 5.41 Å². The molecule has 0 radical (unpaired) electrons. The van der Waals surface area contributed by atoms with Crippen LogP contribution in [0.3, 0.4) is 0 Å². The van der Waals surface area contributed by atoms with Crippen molar-refractivity contribution >= 4 is 11.4 Å². The number of fused-ring (bicyclic) bond motifs is 1. The fourth-order valence-corrected chi connectivity index (χ4v) is 3.38.